The van der Waals surface area contributed by atoms with Crippen molar-refractivity contribution in [3.8, 4) is 0 Å². The van der Waals surface area contributed by atoms with Crippen LogP contribution in [0.3, 0.4) is 0 Å². The second-order valence-corrected chi connectivity index (χ2v) is 9.63. The van der Waals surface area contributed by atoms with E-state index in [0.29, 0.717) is 30.1 Å². The van der Waals surface area contributed by atoms with Crippen LogP contribution in [0.2, 0.25) is 0 Å². The van der Waals surface area contributed by atoms with Gasteiger partial charge in [0.2, 0.25) is 0 Å². The molecule has 6 atom stereocenters. The fourth-order valence-electron chi connectivity index (χ4n) is 7.28. The molecule has 4 aliphatic carbocycles. The van der Waals surface area contributed by atoms with Crippen molar-refractivity contribution in [2.24, 2.45) is 29.1 Å². The molecule has 0 N–H and O–H groups in total. The molecule has 0 aromatic carbocycles. The zero-order chi connectivity index (χ0) is 20.3. The molecule has 4 aliphatic rings. The Morgan fingerprint density at radius 2 is 1.96 bits per heavy atom. The van der Waals surface area contributed by atoms with Crippen molar-refractivity contribution in [2.45, 2.75) is 77.7 Å². The Kier molecular flexibility index (Phi) is 4.67. The number of allylic oxidation sites excluding steroid dienone is 1. The van der Waals surface area contributed by atoms with Gasteiger partial charge >= 0.3 is 5.97 Å². The van der Waals surface area contributed by atoms with E-state index in [9.17, 15) is 14.4 Å². The van der Waals surface area contributed by atoms with Crippen molar-refractivity contribution in [1.82, 2.24) is 0 Å². The smallest absolute Gasteiger partial charge is 0.306 e. The molecule has 4 rings (SSSR count). The number of rotatable bonds is 3. The van der Waals surface area contributed by atoms with Gasteiger partial charge in [-0.1, -0.05) is 26.0 Å². The molecule has 0 aromatic heterocycles. The monoisotopic (exact) mass is 384 g/mol. The van der Waals surface area contributed by atoms with Crippen molar-refractivity contribution in [1.29, 1.82) is 0 Å². The highest BCUT2D eigenvalue weighted by molar-refractivity contribution is 5.93. The fourth-order valence-corrected chi connectivity index (χ4v) is 7.28. The van der Waals surface area contributed by atoms with Gasteiger partial charge in [0.15, 0.2) is 17.2 Å². The lowest BCUT2D eigenvalue weighted by atomic mass is 9.50. The average molecular weight is 385 g/mol. The molecular weight excluding hydrogens is 352 g/mol. The van der Waals surface area contributed by atoms with E-state index in [0.717, 1.165) is 44.1 Å². The van der Waals surface area contributed by atoms with Crippen molar-refractivity contribution < 1.29 is 19.1 Å². The topological polar surface area (TPSA) is 60.4 Å². The number of fused-ring (bicyclic) bond motifs is 5. The van der Waals surface area contributed by atoms with E-state index in [1.807, 2.05) is 6.08 Å². The van der Waals surface area contributed by atoms with Gasteiger partial charge in [0, 0.05) is 18.3 Å². The average Bonchev–Trinajstić information content (AvgIpc) is 2.89. The van der Waals surface area contributed by atoms with Gasteiger partial charge < -0.3 is 4.74 Å². The molecule has 0 unspecified atom stereocenters. The maximum Gasteiger partial charge on any atom is 0.306 e. The van der Waals surface area contributed by atoms with Crippen LogP contribution in [0.1, 0.15) is 72.1 Å². The molecule has 3 saturated carbocycles. The third-order valence-electron chi connectivity index (χ3n) is 8.51. The zero-order valence-electron chi connectivity index (χ0n) is 17.4. The summed E-state index contributed by atoms with van der Waals surface area (Å²) in [6, 6.07) is 0. The Labute approximate surface area is 167 Å². The summed E-state index contributed by atoms with van der Waals surface area (Å²) in [6.07, 6.45) is 8.51. The Hall–Kier alpha value is -1.71. The summed E-state index contributed by atoms with van der Waals surface area (Å²) in [5.74, 6) is 1.78. The fraction of sp³-hybridized carbons (Fsp3) is 0.708. The predicted octanol–water partition coefficient (Wildman–Crippen LogP) is 4.58. The molecular formula is C24H32O4. The van der Waals surface area contributed by atoms with Gasteiger partial charge in [-0.15, -0.1) is 0 Å². The number of ketones is 2. The first-order valence-electron chi connectivity index (χ1n) is 10.9. The van der Waals surface area contributed by atoms with Crippen LogP contribution in [0.15, 0.2) is 23.8 Å². The SMILES string of the molecule is C=C1C[C@H]2[C@@H]3CCC4=CC(=O)CC[C@@H]4[C@H]3CC[C@]2(C)[C@]1(OC(=O)CC)C(C)=O. The first kappa shape index (κ1) is 19.6. The van der Waals surface area contributed by atoms with Crippen LogP contribution in [0, 0.1) is 29.1 Å². The first-order valence-corrected chi connectivity index (χ1v) is 10.9. The molecule has 28 heavy (non-hydrogen) atoms. The molecule has 0 heterocycles. The molecule has 0 saturated heterocycles. The number of hydrogen-bond donors (Lipinski definition) is 0. The Bertz CT molecular complexity index is 777. The highest BCUT2D eigenvalue weighted by Gasteiger charge is 2.68. The number of ether oxygens (including phenoxy) is 1. The summed E-state index contributed by atoms with van der Waals surface area (Å²) in [6.45, 7) is 9.75. The van der Waals surface area contributed by atoms with Gasteiger partial charge in [0.1, 0.15) is 0 Å². The molecule has 0 bridgehead atoms. The van der Waals surface area contributed by atoms with E-state index in [2.05, 4.69) is 13.5 Å². The van der Waals surface area contributed by atoms with Crippen molar-refractivity contribution in [2.75, 3.05) is 0 Å². The van der Waals surface area contributed by atoms with Gasteiger partial charge in [-0.05, 0) is 80.8 Å². The normalized spacial score (nSPS) is 42.2. The summed E-state index contributed by atoms with van der Waals surface area (Å²) in [5.41, 5.74) is 0.588. The quantitative estimate of drug-likeness (QED) is 0.528. The number of esters is 1. The number of carbonyl (C=O) groups excluding carboxylic acids is 3. The van der Waals surface area contributed by atoms with Gasteiger partial charge in [0.25, 0.3) is 0 Å². The summed E-state index contributed by atoms with van der Waals surface area (Å²) in [4.78, 5) is 37.1. The maximum atomic E-state index is 12.9. The minimum atomic E-state index is -1.17. The maximum absolute atomic E-state index is 12.9. The first-order chi connectivity index (χ1) is 13.2. The van der Waals surface area contributed by atoms with E-state index in [1.165, 1.54) is 5.57 Å². The Morgan fingerprint density at radius 3 is 2.64 bits per heavy atom. The van der Waals surface area contributed by atoms with Crippen LogP contribution in [-0.4, -0.2) is 23.1 Å². The van der Waals surface area contributed by atoms with E-state index in [4.69, 9.17) is 4.74 Å². The van der Waals surface area contributed by atoms with E-state index >= 15 is 0 Å². The lowest BCUT2D eigenvalue weighted by Crippen LogP contribution is -2.58. The van der Waals surface area contributed by atoms with Crippen LogP contribution < -0.4 is 0 Å². The molecule has 0 amide bonds. The van der Waals surface area contributed by atoms with E-state index < -0.39 is 5.60 Å². The van der Waals surface area contributed by atoms with Crippen LogP contribution in [0.5, 0.6) is 0 Å². The van der Waals surface area contributed by atoms with Gasteiger partial charge in [-0.2, -0.15) is 0 Å². The van der Waals surface area contributed by atoms with Crippen molar-refractivity contribution >= 4 is 17.5 Å². The van der Waals surface area contributed by atoms with Crippen molar-refractivity contribution in [3.63, 3.8) is 0 Å². The molecule has 3 fully saturated rings. The standard InChI is InChI=1S/C24H32O4/c1-5-22(27)28-24(15(3)25)14(2)12-21-20-8-6-16-13-17(26)7-9-18(16)19(20)10-11-23(21,24)4/h13,18-21H,2,5-12H2,1,3-4H3/t18-,19+,20+,21-,23-,24+/m0/s1. The summed E-state index contributed by atoms with van der Waals surface area (Å²) < 4.78 is 5.95. The zero-order valence-corrected chi connectivity index (χ0v) is 17.4. The highest BCUT2D eigenvalue weighted by atomic mass is 16.6. The molecule has 0 spiro atoms. The Balaban J connectivity index is 1.70. The number of Topliss-reactive ketones (excluding diaryl/α,β-unsaturated/α-hetero) is 1. The second kappa shape index (κ2) is 6.67. The largest absolute Gasteiger partial charge is 0.446 e. The molecule has 0 radical (unpaired) electrons. The van der Waals surface area contributed by atoms with Crippen LogP contribution in [0.4, 0.5) is 0 Å². The van der Waals surface area contributed by atoms with Gasteiger partial charge in [0.05, 0.1) is 0 Å². The van der Waals surface area contributed by atoms with Gasteiger partial charge in [-0.3, -0.25) is 14.4 Å². The van der Waals surface area contributed by atoms with Crippen LogP contribution in [0.25, 0.3) is 0 Å². The molecule has 0 aromatic rings. The van der Waals surface area contributed by atoms with E-state index in [-0.39, 0.29) is 29.4 Å². The number of hydrogen-bond acceptors (Lipinski definition) is 4. The summed E-state index contributed by atoms with van der Waals surface area (Å²) in [7, 11) is 0. The summed E-state index contributed by atoms with van der Waals surface area (Å²) in [5, 5.41) is 0. The van der Waals surface area contributed by atoms with Crippen LogP contribution in [-0.2, 0) is 19.1 Å². The summed E-state index contributed by atoms with van der Waals surface area (Å²) >= 11 is 0. The molecule has 4 heteroatoms. The van der Waals surface area contributed by atoms with Crippen molar-refractivity contribution in [3.05, 3.63) is 23.8 Å². The minimum Gasteiger partial charge on any atom is -0.446 e. The molecule has 4 nitrogen and oxygen atoms in total. The lowest BCUT2D eigenvalue weighted by Gasteiger charge is -2.55. The van der Waals surface area contributed by atoms with E-state index in [1.54, 1.807) is 13.8 Å². The predicted molar refractivity (Wildman–Crippen MR) is 106 cm³/mol. The highest BCUT2D eigenvalue weighted by Crippen LogP contribution is 2.67. The lowest BCUT2D eigenvalue weighted by molar-refractivity contribution is -0.182. The Morgan fingerprint density at radius 1 is 1.21 bits per heavy atom. The minimum absolute atomic E-state index is 0.0811. The molecule has 152 valence electrons. The number of carbonyl (C=O) groups is 3. The third-order valence-corrected chi connectivity index (χ3v) is 8.51. The van der Waals surface area contributed by atoms with Crippen LogP contribution >= 0.6 is 0 Å². The van der Waals surface area contributed by atoms with Gasteiger partial charge in [-0.25, -0.2) is 0 Å². The third kappa shape index (κ3) is 2.52. The molecule has 0 aliphatic heterocycles. The second-order valence-electron chi connectivity index (χ2n) is 9.63.